The highest BCUT2D eigenvalue weighted by Gasteiger charge is 2.06. The van der Waals surface area contributed by atoms with Crippen LogP contribution in [0.5, 0.6) is 0 Å². The minimum atomic E-state index is -2.54. The lowest BCUT2D eigenvalue weighted by molar-refractivity contribution is 0.522. The van der Waals surface area contributed by atoms with Crippen molar-refractivity contribution in [2.75, 3.05) is 0 Å². The topological polar surface area (TPSA) is 39.1 Å². The molecule has 0 aliphatic heterocycles. The van der Waals surface area contributed by atoms with E-state index in [4.69, 9.17) is 0 Å². The molecule has 0 spiro atoms. The molecule has 0 saturated carbocycles. The average molecular weight is 205 g/mol. The summed E-state index contributed by atoms with van der Waals surface area (Å²) in [6.45, 7) is 0. The first-order valence-corrected chi connectivity index (χ1v) is 5.34. The molecule has 0 atom stereocenters. The maximum absolute atomic E-state index is 10.9. The summed E-state index contributed by atoms with van der Waals surface area (Å²) in [4.78, 5) is 0. The fourth-order valence-electron chi connectivity index (χ4n) is 1.33. The maximum Gasteiger partial charge on any atom is 0.365 e. The van der Waals surface area contributed by atoms with Crippen LogP contribution in [0.25, 0.3) is 5.69 Å². The van der Waals surface area contributed by atoms with Crippen LogP contribution < -0.4 is 5.44 Å². The van der Waals surface area contributed by atoms with Gasteiger partial charge in [-0.25, -0.2) is 9.13 Å². The van der Waals surface area contributed by atoms with Gasteiger partial charge in [0.1, 0.15) is 5.44 Å². The lowest BCUT2D eigenvalue weighted by Crippen LogP contribution is -2.07. The highest BCUT2D eigenvalue weighted by atomic mass is 31.1. The summed E-state index contributed by atoms with van der Waals surface area (Å²) < 4.78 is 23.4. The largest absolute Gasteiger partial charge is 0.365 e. The van der Waals surface area contributed by atoms with Crippen molar-refractivity contribution >= 4 is 13.1 Å². The van der Waals surface area contributed by atoms with Gasteiger partial charge in [0.15, 0.2) is 0 Å². The summed E-state index contributed by atoms with van der Waals surface area (Å²) in [6, 6.07) is 12.7. The highest BCUT2D eigenvalue weighted by Crippen LogP contribution is 2.11. The smallest absolute Gasteiger partial charge is 0.308 e. The van der Waals surface area contributed by atoms with E-state index in [9.17, 15) is 9.13 Å². The van der Waals surface area contributed by atoms with Gasteiger partial charge in [-0.2, -0.15) is 0 Å². The van der Waals surface area contributed by atoms with Gasteiger partial charge in [-0.15, -0.1) is 0 Å². The second-order valence-electron chi connectivity index (χ2n) is 2.83. The maximum atomic E-state index is 10.9. The normalized spacial score (nSPS) is 10.0. The fraction of sp³-hybridized carbons (Fsp3) is 0. The van der Waals surface area contributed by atoms with E-state index in [1.54, 1.807) is 22.9 Å². The first kappa shape index (κ1) is 8.97. The predicted octanol–water partition coefficient (Wildman–Crippen LogP) is 2.28. The molecule has 2 rings (SSSR count). The molecule has 1 heterocycles. The molecular weight excluding hydrogens is 197 g/mol. The number of hydrogen-bond acceptors (Lipinski definition) is 2. The van der Waals surface area contributed by atoms with Gasteiger partial charge in [0.05, 0.1) is 0 Å². The molecule has 2 aromatic rings. The zero-order valence-electron chi connectivity index (χ0n) is 7.33. The van der Waals surface area contributed by atoms with Crippen molar-refractivity contribution in [2.24, 2.45) is 0 Å². The predicted molar refractivity (Wildman–Crippen MR) is 53.7 cm³/mol. The van der Waals surface area contributed by atoms with E-state index < -0.39 is 7.68 Å². The zero-order valence-corrected chi connectivity index (χ0v) is 8.22. The lowest BCUT2D eigenvalue weighted by Gasteiger charge is -2.02. The Morgan fingerprint density at radius 1 is 0.929 bits per heavy atom. The van der Waals surface area contributed by atoms with Crippen LogP contribution in [-0.2, 0) is 9.13 Å². The van der Waals surface area contributed by atoms with Crippen LogP contribution in [0, 0.1) is 0 Å². The Kier molecular flexibility index (Phi) is 2.33. The van der Waals surface area contributed by atoms with Gasteiger partial charge in [0.2, 0.25) is 0 Å². The first-order chi connectivity index (χ1) is 6.79. The molecule has 0 radical (unpaired) electrons. The monoisotopic (exact) mass is 205 g/mol. The number of benzene rings is 1. The molecule has 14 heavy (non-hydrogen) atoms. The van der Waals surface area contributed by atoms with Crippen molar-refractivity contribution in [1.29, 1.82) is 0 Å². The van der Waals surface area contributed by atoms with Gasteiger partial charge < -0.3 is 4.57 Å². The molecule has 0 aliphatic rings. The SMILES string of the molecule is O=P(=O)c1cccn1-c1ccccc1. The van der Waals surface area contributed by atoms with Crippen LogP contribution in [0.3, 0.4) is 0 Å². The quantitative estimate of drug-likeness (QED) is 0.705. The second-order valence-corrected chi connectivity index (χ2v) is 3.80. The fourth-order valence-corrected chi connectivity index (χ4v) is 1.89. The van der Waals surface area contributed by atoms with E-state index in [-0.39, 0.29) is 0 Å². The Labute approximate surface area is 81.8 Å². The van der Waals surface area contributed by atoms with Crippen molar-refractivity contribution < 1.29 is 9.13 Å². The number of aromatic nitrogens is 1. The molecule has 1 aromatic carbocycles. The molecular formula is C10H8NO2P. The molecule has 1 aromatic heterocycles. The number of para-hydroxylation sites is 1. The standard InChI is InChI=1S/C10H8NO2P/c12-14(13)10-7-4-8-11(10)9-5-2-1-3-6-9/h1-8H. The third-order valence-electron chi connectivity index (χ3n) is 1.95. The Hall–Kier alpha value is -1.60. The zero-order chi connectivity index (χ0) is 9.97. The minimum Gasteiger partial charge on any atom is -0.308 e. The van der Waals surface area contributed by atoms with Gasteiger partial charge in [0.25, 0.3) is 0 Å². The van der Waals surface area contributed by atoms with E-state index in [2.05, 4.69) is 0 Å². The van der Waals surface area contributed by atoms with Crippen LogP contribution in [0.4, 0.5) is 0 Å². The first-order valence-electron chi connectivity index (χ1n) is 4.16. The van der Waals surface area contributed by atoms with Crippen LogP contribution >= 0.6 is 7.68 Å². The highest BCUT2D eigenvalue weighted by molar-refractivity contribution is 7.40. The summed E-state index contributed by atoms with van der Waals surface area (Å²) >= 11 is 0. The molecule has 0 bridgehead atoms. The van der Waals surface area contributed by atoms with E-state index in [0.29, 0.717) is 5.44 Å². The number of rotatable bonds is 2. The summed E-state index contributed by atoms with van der Waals surface area (Å²) in [5.41, 5.74) is 1.16. The number of hydrogen-bond donors (Lipinski definition) is 0. The Morgan fingerprint density at radius 3 is 2.29 bits per heavy atom. The number of nitrogens with zero attached hydrogens (tertiary/aromatic N) is 1. The molecule has 70 valence electrons. The molecule has 0 aliphatic carbocycles. The van der Waals surface area contributed by atoms with Crippen molar-refractivity contribution in [3.05, 3.63) is 48.7 Å². The Balaban J connectivity index is 2.58. The van der Waals surface area contributed by atoms with E-state index in [1.807, 2.05) is 30.3 Å². The summed E-state index contributed by atoms with van der Waals surface area (Å²) in [6.07, 6.45) is 1.73. The summed E-state index contributed by atoms with van der Waals surface area (Å²) in [5, 5.41) is 0. The molecule has 4 heteroatoms. The van der Waals surface area contributed by atoms with Gasteiger partial charge in [-0.05, 0) is 24.3 Å². The molecule has 0 unspecified atom stereocenters. The molecule has 0 N–H and O–H groups in total. The third kappa shape index (κ3) is 1.54. The summed E-state index contributed by atoms with van der Waals surface area (Å²) in [7, 11) is -2.54. The molecule has 0 saturated heterocycles. The molecule has 3 nitrogen and oxygen atoms in total. The Bertz CT molecular complexity index is 492. The van der Waals surface area contributed by atoms with Gasteiger partial charge >= 0.3 is 7.68 Å². The second kappa shape index (κ2) is 3.64. The minimum absolute atomic E-state index is 0.311. The summed E-state index contributed by atoms with van der Waals surface area (Å²) in [5.74, 6) is 0. The van der Waals surface area contributed by atoms with Crippen LogP contribution in [0.15, 0.2) is 48.7 Å². The Morgan fingerprint density at radius 2 is 1.64 bits per heavy atom. The third-order valence-corrected chi connectivity index (χ3v) is 2.69. The van der Waals surface area contributed by atoms with Crippen molar-refractivity contribution in [1.82, 2.24) is 4.57 Å². The van der Waals surface area contributed by atoms with E-state index in [0.717, 1.165) is 5.69 Å². The lowest BCUT2D eigenvalue weighted by atomic mass is 10.3. The average Bonchev–Trinajstić information content (AvgIpc) is 2.67. The van der Waals surface area contributed by atoms with Crippen molar-refractivity contribution in [3.63, 3.8) is 0 Å². The van der Waals surface area contributed by atoms with Gasteiger partial charge in [-0.1, -0.05) is 18.2 Å². The van der Waals surface area contributed by atoms with Crippen LogP contribution in [0.2, 0.25) is 0 Å². The van der Waals surface area contributed by atoms with Crippen LogP contribution in [0.1, 0.15) is 0 Å². The van der Waals surface area contributed by atoms with Crippen molar-refractivity contribution in [3.8, 4) is 5.69 Å². The van der Waals surface area contributed by atoms with E-state index >= 15 is 0 Å². The molecule has 0 amide bonds. The van der Waals surface area contributed by atoms with Gasteiger partial charge in [-0.3, -0.25) is 0 Å². The van der Waals surface area contributed by atoms with Crippen molar-refractivity contribution in [2.45, 2.75) is 0 Å². The molecule has 0 fully saturated rings. The van der Waals surface area contributed by atoms with Gasteiger partial charge in [0, 0.05) is 11.9 Å². The van der Waals surface area contributed by atoms with E-state index in [1.165, 1.54) is 0 Å². The van der Waals surface area contributed by atoms with Crippen LogP contribution in [-0.4, -0.2) is 4.57 Å².